The van der Waals surface area contributed by atoms with Crippen molar-refractivity contribution < 1.29 is 19.1 Å². The van der Waals surface area contributed by atoms with Crippen LogP contribution in [0.1, 0.15) is 149 Å². The van der Waals surface area contributed by atoms with Crippen LogP contribution in [0.2, 0.25) is 0 Å². The van der Waals surface area contributed by atoms with Gasteiger partial charge in [-0.1, -0.05) is 116 Å². The summed E-state index contributed by atoms with van der Waals surface area (Å²) in [6.07, 6.45) is 22.0. The zero-order valence-electron chi connectivity index (χ0n) is 29.6. The number of carbonyl (C=O) groups is 2. The Morgan fingerprint density at radius 1 is 0.674 bits per heavy atom. The molecule has 0 aliphatic rings. The van der Waals surface area contributed by atoms with Crippen molar-refractivity contribution in [2.45, 2.75) is 156 Å². The highest BCUT2D eigenvalue weighted by Gasteiger charge is 2.47. The second kappa shape index (κ2) is 21.8. The van der Waals surface area contributed by atoms with Gasteiger partial charge in [-0.05, 0) is 33.1 Å². The van der Waals surface area contributed by atoms with Crippen molar-refractivity contribution in [3.8, 4) is 0 Å². The molecule has 2 rings (SSSR count). The molecule has 262 valence electrons. The maximum Gasteiger partial charge on any atom is 0.332 e. The van der Waals surface area contributed by atoms with Gasteiger partial charge in [-0.2, -0.15) is 0 Å². The molecular formula is C36H62N4O6. The van der Waals surface area contributed by atoms with Crippen LogP contribution in [0, 0.1) is 5.41 Å². The summed E-state index contributed by atoms with van der Waals surface area (Å²) in [7, 11) is 3.42. The first-order chi connectivity index (χ1) is 22.2. The Kier molecular flexibility index (Phi) is 18.6. The maximum absolute atomic E-state index is 13.2. The summed E-state index contributed by atoms with van der Waals surface area (Å²) in [6, 6.07) is 0. The van der Waals surface area contributed by atoms with E-state index in [1.807, 2.05) is 0 Å². The second-order valence-corrected chi connectivity index (χ2v) is 12.9. The largest absolute Gasteiger partial charge is 0.465 e. The lowest BCUT2D eigenvalue weighted by atomic mass is 9.77. The molecule has 0 spiro atoms. The maximum atomic E-state index is 13.2. The highest BCUT2D eigenvalue weighted by atomic mass is 16.6. The molecule has 10 heteroatoms. The molecular weight excluding hydrogens is 584 g/mol. The van der Waals surface area contributed by atoms with E-state index < -0.39 is 17.4 Å². The summed E-state index contributed by atoms with van der Waals surface area (Å²) >= 11 is 0. The summed E-state index contributed by atoms with van der Waals surface area (Å²) in [6.45, 7) is 6.72. The smallest absolute Gasteiger partial charge is 0.332 e. The van der Waals surface area contributed by atoms with E-state index in [0.29, 0.717) is 30.6 Å². The SMILES string of the molecule is CCCCCCCCCCCC(CCCCCCCCCCCn1c(=O)c2c(ncn2C)n(C)c1=O)(C(=O)OCC)C(=O)OCC. The predicted molar refractivity (Wildman–Crippen MR) is 184 cm³/mol. The van der Waals surface area contributed by atoms with Crippen molar-refractivity contribution in [2.75, 3.05) is 13.2 Å². The number of hydrogen-bond acceptors (Lipinski definition) is 7. The third-order valence-corrected chi connectivity index (χ3v) is 9.23. The topological polar surface area (TPSA) is 114 Å². The molecule has 2 heterocycles. The number of carbonyl (C=O) groups excluding carboxylic acids is 2. The fourth-order valence-electron chi connectivity index (χ4n) is 6.42. The van der Waals surface area contributed by atoms with Gasteiger partial charge in [0.05, 0.1) is 19.5 Å². The first-order valence-electron chi connectivity index (χ1n) is 18.2. The van der Waals surface area contributed by atoms with Gasteiger partial charge in [0.2, 0.25) is 0 Å². The van der Waals surface area contributed by atoms with Gasteiger partial charge in [0, 0.05) is 20.6 Å². The molecule has 2 aromatic rings. The van der Waals surface area contributed by atoms with E-state index in [9.17, 15) is 19.2 Å². The minimum atomic E-state index is -1.20. The van der Waals surface area contributed by atoms with Gasteiger partial charge in [-0.25, -0.2) is 9.78 Å². The Balaban J connectivity index is 1.73. The van der Waals surface area contributed by atoms with Gasteiger partial charge in [-0.3, -0.25) is 23.5 Å². The standard InChI is InChI=1S/C36H62N4O6/c1-6-9-10-11-12-14-17-20-23-26-36(33(42)45-7-2,34(43)46-8-3)27-24-21-18-15-13-16-19-22-25-28-40-32(41)30-31(37-29-38(30)4)39(5)35(40)44/h29H,6-28H2,1-5H3. The Bertz CT molecular complexity index is 1280. The van der Waals surface area contributed by atoms with Crippen LogP contribution in [-0.2, 0) is 39.7 Å². The Morgan fingerprint density at radius 3 is 1.57 bits per heavy atom. The second-order valence-electron chi connectivity index (χ2n) is 12.9. The zero-order valence-corrected chi connectivity index (χ0v) is 29.6. The first-order valence-corrected chi connectivity index (χ1v) is 18.2. The molecule has 0 saturated carbocycles. The van der Waals surface area contributed by atoms with E-state index in [0.717, 1.165) is 77.0 Å². The van der Waals surface area contributed by atoms with Gasteiger partial charge in [0.25, 0.3) is 5.56 Å². The molecule has 0 aliphatic heterocycles. The minimum absolute atomic E-state index is 0.255. The summed E-state index contributed by atoms with van der Waals surface area (Å²) in [4.78, 5) is 56.0. The number of ether oxygens (including phenoxy) is 2. The molecule has 0 atom stereocenters. The van der Waals surface area contributed by atoms with Crippen molar-refractivity contribution in [2.24, 2.45) is 19.5 Å². The molecule has 2 aromatic heterocycles. The molecule has 0 aromatic carbocycles. The lowest BCUT2D eigenvalue weighted by Crippen LogP contribution is -2.42. The fraction of sp³-hybridized carbons (Fsp3) is 0.806. The van der Waals surface area contributed by atoms with Crippen LogP contribution >= 0.6 is 0 Å². The third kappa shape index (κ3) is 11.7. The number of fused-ring (bicyclic) bond motifs is 1. The van der Waals surface area contributed by atoms with Crippen molar-refractivity contribution >= 4 is 23.1 Å². The number of nitrogens with zero attached hydrogens (tertiary/aromatic N) is 4. The Labute approximate surface area is 276 Å². The highest BCUT2D eigenvalue weighted by Crippen LogP contribution is 2.35. The van der Waals surface area contributed by atoms with Crippen LogP contribution in [0.3, 0.4) is 0 Å². The van der Waals surface area contributed by atoms with Crippen molar-refractivity contribution in [1.82, 2.24) is 18.7 Å². The van der Waals surface area contributed by atoms with Gasteiger partial charge < -0.3 is 14.0 Å². The van der Waals surface area contributed by atoms with Gasteiger partial charge >= 0.3 is 17.6 Å². The summed E-state index contributed by atoms with van der Waals surface area (Å²) < 4.78 is 15.3. The van der Waals surface area contributed by atoms with E-state index in [1.54, 1.807) is 38.8 Å². The van der Waals surface area contributed by atoms with Gasteiger partial charge in [0.1, 0.15) is 0 Å². The molecule has 10 nitrogen and oxygen atoms in total. The normalized spacial score (nSPS) is 11.8. The average molecular weight is 647 g/mol. The van der Waals surface area contributed by atoms with Crippen LogP contribution < -0.4 is 11.2 Å². The molecule has 0 fully saturated rings. The van der Waals surface area contributed by atoms with E-state index in [4.69, 9.17) is 9.47 Å². The first kappa shape index (κ1) is 39.3. The van der Waals surface area contributed by atoms with E-state index in [1.165, 1.54) is 47.7 Å². The molecule has 0 unspecified atom stereocenters. The number of aryl methyl sites for hydroxylation is 2. The summed E-state index contributed by atoms with van der Waals surface area (Å²) in [5.74, 6) is -0.846. The average Bonchev–Trinajstić information content (AvgIpc) is 3.43. The van der Waals surface area contributed by atoms with Crippen LogP contribution in [-0.4, -0.2) is 43.8 Å². The van der Waals surface area contributed by atoms with Crippen LogP contribution in [0.25, 0.3) is 11.2 Å². The number of hydrogen-bond donors (Lipinski definition) is 0. The van der Waals surface area contributed by atoms with Crippen LogP contribution in [0.15, 0.2) is 15.9 Å². The van der Waals surface area contributed by atoms with Crippen LogP contribution in [0.4, 0.5) is 0 Å². The lowest BCUT2D eigenvalue weighted by Gasteiger charge is -2.29. The van der Waals surface area contributed by atoms with Crippen molar-refractivity contribution in [3.05, 3.63) is 27.2 Å². The number of imidazole rings is 1. The molecule has 0 bridgehead atoms. The Hall–Kier alpha value is -2.91. The molecule has 0 N–H and O–H groups in total. The summed E-state index contributed by atoms with van der Waals surface area (Å²) in [5, 5.41) is 0. The third-order valence-electron chi connectivity index (χ3n) is 9.23. The van der Waals surface area contributed by atoms with Gasteiger partial charge in [-0.15, -0.1) is 0 Å². The van der Waals surface area contributed by atoms with Gasteiger partial charge in [0.15, 0.2) is 16.6 Å². The number of rotatable bonds is 26. The van der Waals surface area contributed by atoms with Crippen molar-refractivity contribution in [3.63, 3.8) is 0 Å². The zero-order chi connectivity index (χ0) is 33.8. The number of aromatic nitrogens is 4. The molecule has 0 saturated heterocycles. The molecule has 0 aliphatic carbocycles. The number of esters is 2. The molecule has 46 heavy (non-hydrogen) atoms. The minimum Gasteiger partial charge on any atom is -0.465 e. The summed E-state index contributed by atoms with van der Waals surface area (Å²) in [5.41, 5.74) is -0.926. The molecule has 0 radical (unpaired) electrons. The Morgan fingerprint density at radius 2 is 1.11 bits per heavy atom. The molecule has 0 amide bonds. The van der Waals surface area contributed by atoms with E-state index in [-0.39, 0.29) is 24.5 Å². The highest BCUT2D eigenvalue weighted by molar-refractivity contribution is 6.00. The monoisotopic (exact) mass is 646 g/mol. The van der Waals surface area contributed by atoms with Crippen LogP contribution in [0.5, 0.6) is 0 Å². The van der Waals surface area contributed by atoms with E-state index >= 15 is 0 Å². The quantitative estimate of drug-likeness (QED) is 0.0596. The lowest BCUT2D eigenvalue weighted by molar-refractivity contribution is -0.173. The van der Waals surface area contributed by atoms with Crippen molar-refractivity contribution in [1.29, 1.82) is 0 Å². The van der Waals surface area contributed by atoms with E-state index in [2.05, 4.69) is 11.9 Å². The predicted octanol–water partition coefficient (Wildman–Crippen LogP) is 7.37. The number of unbranched alkanes of at least 4 members (excludes halogenated alkanes) is 16. The fourth-order valence-corrected chi connectivity index (χ4v) is 6.42.